The summed E-state index contributed by atoms with van der Waals surface area (Å²) >= 11 is 0. The van der Waals surface area contributed by atoms with Gasteiger partial charge in [0.2, 0.25) is 0 Å². The van der Waals surface area contributed by atoms with Crippen molar-refractivity contribution in [2.45, 2.75) is 39.8 Å². The van der Waals surface area contributed by atoms with E-state index in [1.807, 2.05) is 0 Å². The van der Waals surface area contributed by atoms with Gasteiger partial charge in [-0.1, -0.05) is 20.8 Å². The second kappa shape index (κ2) is 8.05. The van der Waals surface area contributed by atoms with E-state index in [-0.39, 0.29) is 11.6 Å². The van der Waals surface area contributed by atoms with Crippen molar-refractivity contribution in [2.75, 3.05) is 26.4 Å². The number of ether oxygens (including phenoxy) is 2. The molecule has 0 rings (SSSR count). The SMILES string of the molecule is CCCOCC(C)(C)COCCC(N)N. The number of rotatable bonds is 9. The van der Waals surface area contributed by atoms with Gasteiger partial charge in [-0.25, -0.2) is 0 Å². The molecule has 0 unspecified atom stereocenters. The lowest BCUT2D eigenvalue weighted by Gasteiger charge is -2.24. The third kappa shape index (κ3) is 10.1. The Bertz CT molecular complexity index is 150. The highest BCUT2D eigenvalue weighted by Gasteiger charge is 2.18. The van der Waals surface area contributed by atoms with Gasteiger partial charge in [0.15, 0.2) is 0 Å². The fraction of sp³-hybridized carbons (Fsp3) is 1.00. The molecule has 15 heavy (non-hydrogen) atoms. The van der Waals surface area contributed by atoms with Crippen molar-refractivity contribution in [1.82, 2.24) is 0 Å². The van der Waals surface area contributed by atoms with Crippen LogP contribution in [0.25, 0.3) is 0 Å². The minimum Gasteiger partial charge on any atom is -0.381 e. The van der Waals surface area contributed by atoms with E-state index in [9.17, 15) is 0 Å². The van der Waals surface area contributed by atoms with Gasteiger partial charge < -0.3 is 20.9 Å². The van der Waals surface area contributed by atoms with E-state index in [0.717, 1.165) is 19.6 Å². The smallest absolute Gasteiger partial charge is 0.0543 e. The molecule has 4 nitrogen and oxygen atoms in total. The summed E-state index contributed by atoms with van der Waals surface area (Å²) in [6.07, 6.45) is 1.48. The Hall–Kier alpha value is -0.160. The lowest BCUT2D eigenvalue weighted by molar-refractivity contribution is -0.00456. The lowest BCUT2D eigenvalue weighted by atomic mass is 9.96. The van der Waals surface area contributed by atoms with Crippen LogP contribution in [0.3, 0.4) is 0 Å². The Labute approximate surface area is 93.3 Å². The molecule has 0 fully saturated rings. The van der Waals surface area contributed by atoms with E-state index < -0.39 is 0 Å². The largest absolute Gasteiger partial charge is 0.381 e. The third-order valence-electron chi connectivity index (χ3n) is 1.93. The second-order valence-corrected chi connectivity index (χ2v) is 4.72. The average molecular weight is 218 g/mol. The zero-order chi connectivity index (χ0) is 11.7. The van der Waals surface area contributed by atoms with Gasteiger partial charge in [-0.05, 0) is 12.8 Å². The maximum absolute atomic E-state index is 5.50. The molecule has 0 aliphatic rings. The number of hydrogen-bond acceptors (Lipinski definition) is 4. The van der Waals surface area contributed by atoms with Gasteiger partial charge in [-0.15, -0.1) is 0 Å². The highest BCUT2D eigenvalue weighted by Crippen LogP contribution is 2.16. The monoisotopic (exact) mass is 218 g/mol. The molecule has 0 radical (unpaired) electrons. The molecule has 92 valence electrons. The van der Waals surface area contributed by atoms with Gasteiger partial charge in [0.05, 0.1) is 19.4 Å². The Morgan fingerprint density at radius 3 is 2.07 bits per heavy atom. The molecule has 0 spiro atoms. The number of hydrogen-bond donors (Lipinski definition) is 2. The van der Waals surface area contributed by atoms with Crippen molar-refractivity contribution in [1.29, 1.82) is 0 Å². The van der Waals surface area contributed by atoms with E-state index in [1.165, 1.54) is 0 Å². The summed E-state index contributed by atoms with van der Waals surface area (Å²) in [4.78, 5) is 0. The topological polar surface area (TPSA) is 70.5 Å². The zero-order valence-electron chi connectivity index (χ0n) is 10.3. The van der Waals surface area contributed by atoms with Gasteiger partial charge in [-0.3, -0.25) is 0 Å². The minimum atomic E-state index is -0.274. The van der Waals surface area contributed by atoms with Crippen LogP contribution >= 0.6 is 0 Å². The summed E-state index contributed by atoms with van der Waals surface area (Å²) in [5.74, 6) is 0. The first kappa shape index (κ1) is 14.8. The van der Waals surface area contributed by atoms with Gasteiger partial charge >= 0.3 is 0 Å². The van der Waals surface area contributed by atoms with E-state index in [1.54, 1.807) is 0 Å². The second-order valence-electron chi connectivity index (χ2n) is 4.72. The minimum absolute atomic E-state index is 0.0634. The molecule has 0 aliphatic heterocycles. The fourth-order valence-electron chi connectivity index (χ4n) is 1.10. The van der Waals surface area contributed by atoms with Crippen LogP contribution in [0, 0.1) is 5.41 Å². The van der Waals surface area contributed by atoms with Crippen LogP contribution in [0.5, 0.6) is 0 Å². The summed E-state index contributed by atoms with van der Waals surface area (Å²) in [5.41, 5.74) is 10.9. The third-order valence-corrected chi connectivity index (χ3v) is 1.93. The van der Waals surface area contributed by atoms with Gasteiger partial charge in [0.1, 0.15) is 0 Å². The fourth-order valence-corrected chi connectivity index (χ4v) is 1.10. The molecule has 0 atom stereocenters. The molecule has 0 saturated carbocycles. The predicted molar refractivity (Wildman–Crippen MR) is 62.5 cm³/mol. The van der Waals surface area contributed by atoms with E-state index in [4.69, 9.17) is 20.9 Å². The van der Waals surface area contributed by atoms with Gasteiger partial charge in [-0.2, -0.15) is 0 Å². The summed E-state index contributed by atoms with van der Waals surface area (Å²) in [6, 6.07) is 0. The molecule has 0 saturated heterocycles. The molecule has 4 heteroatoms. The molecular weight excluding hydrogens is 192 g/mol. The Morgan fingerprint density at radius 1 is 1.07 bits per heavy atom. The molecular formula is C11H26N2O2. The maximum atomic E-state index is 5.50. The predicted octanol–water partition coefficient (Wildman–Crippen LogP) is 1.09. The highest BCUT2D eigenvalue weighted by atomic mass is 16.5. The van der Waals surface area contributed by atoms with E-state index in [2.05, 4.69) is 20.8 Å². The normalized spacial score (nSPS) is 12.4. The molecule has 0 amide bonds. The van der Waals surface area contributed by atoms with Crippen molar-refractivity contribution in [2.24, 2.45) is 16.9 Å². The number of nitrogens with two attached hydrogens (primary N) is 2. The zero-order valence-corrected chi connectivity index (χ0v) is 10.3. The summed E-state index contributed by atoms with van der Waals surface area (Å²) in [7, 11) is 0. The van der Waals surface area contributed by atoms with Crippen LogP contribution in [-0.4, -0.2) is 32.6 Å². The average Bonchev–Trinajstić information content (AvgIpc) is 2.13. The molecule has 0 aromatic carbocycles. The summed E-state index contributed by atoms with van der Waals surface area (Å²) in [5, 5.41) is 0. The highest BCUT2D eigenvalue weighted by molar-refractivity contribution is 4.66. The van der Waals surface area contributed by atoms with Crippen LogP contribution in [0.1, 0.15) is 33.6 Å². The Kier molecular flexibility index (Phi) is 7.96. The first-order valence-corrected chi connectivity index (χ1v) is 5.64. The summed E-state index contributed by atoms with van der Waals surface area (Å²) in [6.45, 7) is 9.22. The van der Waals surface area contributed by atoms with Crippen LogP contribution in [0.4, 0.5) is 0 Å². The van der Waals surface area contributed by atoms with Crippen molar-refractivity contribution in [3.63, 3.8) is 0 Å². The van der Waals surface area contributed by atoms with Gasteiger partial charge in [0, 0.05) is 18.6 Å². The van der Waals surface area contributed by atoms with Crippen molar-refractivity contribution >= 4 is 0 Å². The molecule has 4 N–H and O–H groups in total. The summed E-state index contributed by atoms with van der Waals surface area (Å²) < 4.78 is 11.0. The Morgan fingerprint density at radius 2 is 1.60 bits per heavy atom. The van der Waals surface area contributed by atoms with Crippen LogP contribution in [0.15, 0.2) is 0 Å². The van der Waals surface area contributed by atoms with E-state index in [0.29, 0.717) is 19.6 Å². The lowest BCUT2D eigenvalue weighted by Crippen LogP contribution is -2.32. The van der Waals surface area contributed by atoms with Crippen LogP contribution < -0.4 is 11.5 Å². The molecule has 0 bridgehead atoms. The molecule has 0 aromatic heterocycles. The van der Waals surface area contributed by atoms with Crippen molar-refractivity contribution < 1.29 is 9.47 Å². The van der Waals surface area contributed by atoms with Crippen LogP contribution in [-0.2, 0) is 9.47 Å². The molecule has 0 heterocycles. The molecule has 0 aliphatic carbocycles. The maximum Gasteiger partial charge on any atom is 0.0543 e. The molecule has 0 aromatic rings. The first-order valence-electron chi connectivity index (χ1n) is 5.64. The van der Waals surface area contributed by atoms with Crippen molar-refractivity contribution in [3.8, 4) is 0 Å². The van der Waals surface area contributed by atoms with Crippen LogP contribution in [0.2, 0.25) is 0 Å². The quantitative estimate of drug-likeness (QED) is 0.449. The van der Waals surface area contributed by atoms with Gasteiger partial charge in [0.25, 0.3) is 0 Å². The Balaban J connectivity index is 3.46. The standard InChI is InChI=1S/C11H26N2O2/c1-4-6-14-8-11(2,3)9-15-7-5-10(12)13/h10H,4-9,12-13H2,1-3H3. The first-order chi connectivity index (χ1) is 6.98. The van der Waals surface area contributed by atoms with E-state index >= 15 is 0 Å². The van der Waals surface area contributed by atoms with Crippen molar-refractivity contribution in [3.05, 3.63) is 0 Å².